The van der Waals surface area contributed by atoms with Gasteiger partial charge in [-0.2, -0.15) is 10.2 Å². The molecule has 6 nitrogen and oxygen atoms in total. The maximum absolute atomic E-state index is 5.03. The number of aryl methyl sites for hydroxylation is 2. The van der Waals surface area contributed by atoms with E-state index < -0.39 is 0 Å². The van der Waals surface area contributed by atoms with Gasteiger partial charge in [0.05, 0.1) is 25.0 Å². The lowest BCUT2D eigenvalue weighted by Gasteiger charge is -2.06. The van der Waals surface area contributed by atoms with Crippen LogP contribution in [0.4, 0.5) is 0 Å². The van der Waals surface area contributed by atoms with Gasteiger partial charge in [-0.15, -0.1) is 0 Å². The van der Waals surface area contributed by atoms with Gasteiger partial charge in [-0.1, -0.05) is 0 Å². The van der Waals surface area contributed by atoms with Crippen LogP contribution >= 0.6 is 0 Å². The smallest absolute Gasteiger partial charge is 0.0693 e. The average Bonchev–Trinajstić information content (AvgIpc) is 2.96. The van der Waals surface area contributed by atoms with Gasteiger partial charge in [0.1, 0.15) is 0 Å². The molecule has 0 aromatic carbocycles. The Bertz CT molecular complexity index is 573. The molecule has 0 spiro atoms. The summed E-state index contributed by atoms with van der Waals surface area (Å²) in [6.45, 7) is 7.58. The van der Waals surface area contributed by atoms with Gasteiger partial charge in [0.25, 0.3) is 0 Å². The van der Waals surface area contributed by atoms with Crippen molar-refractivity contribution in [3.63, 3.8) is 0 Å². The highest BCUT2D eigenvalue weighted by molar-refractivity contribution is 5.25. The van der Waals surface area contributed by atoms with Crippen LogP contribution < -0.4 is 5.32 Å². The molecule has 0 radical (unpaired) electrons. The molecule has 0 saturated carbocycles. The van der Waals surface area contributed by atoms with E-state index >= 15 is 0 Å². The van der Waals surface area contributed by atoms with E-state index in [0.29, 0.717) is 0 Å². The number of rotatable bonds is 8. The molecule has 0 aliphatic rings. The monoisotopic (exact) mass is 291 g/mol. The molecule has 6 heteroatoms. The summed E-state index contributed by atoms with van der Waals surface area (Å²) in [5, 5.41) is 12.2. The molecule has 2 heterocycles. The first-order valence-electron chi connectivity index (χ1n) is 7.32. The second-order valence-electron chi connectivity index (χ2n) is 5.32. The molecule has 2 aromatic heterocycles. The van der Waals surface area contributed by atoms with Crippen molar-refractivity contribution in [2.75, 3.05) is 26.8 Å². The first-order chi connectivity index (χ1) is 10.1. The zero-order valence-corrected chi connectivity index (χ0v) is 13.4. The molecule has 0 atom stereocenters. The Labute approximate surface area is 126 Å². The van der Waals surface area contributed by atoms with E-state index in [2.05, 4.69) is 34.0 Å². The molecule has 0 bridgehead atoms. The predicted octanol–water partition coefficient (Wildman–Crippen LogP) is 1.06. The van der Waals surface area contributed by atoms with Gasteiger partial charge in [0.2, 0.25) is 0 Å². The summed E-state index contributed by atoms with van der Waals surface area (Å²) in [6, 6.07) is 0. The first-order valence-corrected chi connectivity index (χ1v) is 7.32. The summed E-state index contributed by atoms with van der Waals surface area (Å²) in [7, 11) is 3.65. The second-order valence-corrected chi connectivity index (χ2v) is 5.32. The number of methoxy groups -OCH3 is 1. The topological polar surface area (TPSA) is 56.9 Å². The van der Waals surface area contributed by atoms with Crippen molar-refractivity contribution in [2.45, 2.75) is 26.8 Å². The van der Waals surface area contributed by atoms with Gasteiger partial charge in [-0.3, -0.25) is 9.36 Å². The molecule has 2 rings (SSSR count). The van der Waals surface area contributed by atoms with Gasteiger partial charge < -0.3 is 10.1 Å². The molecule has 0 aliphatic carbocycles. The molecule has 0 aliphatic heterocycles. The maximum Gasteiger partial charge on any atom is 0.0693 e. The van der Waals surface area contributed by atoms with Crippen LogP contribution in [0, 0.1) is 13.8 Å². The molecule has 1 N–H and O–H groups in total. The SMILES string of the molecule is COCCNCCc1c(C)nn(Cc2cnn(C)c2)c1C. The zero-order valence-electron chi connectivity index (χ0n) is 13.4. The number of nitrogens with zero attached hydrogens (tertiary/aromatic N) is 4. The molecular weight excluding hydrogens is 266 g/mol. The Morgan fingerprint density at radius 1 is 1.29 bits per heavy atom. The van der Waals surface area contributed by atoms with Crippen LogP contribution in [0.2, 0.25) is 0 Å². The van der Waals surface area contributed by atoms with Crippen molar-refractivity contribution in [3.05, 3.63) is 34.9 Å². The number of hydrogen-bond donors (Lipinski definition) is 1. The highest BCUT2D eigenvalue weighted by atomic mass is 16.5. The zero-order chi connectivity index (χ0) is 15.2. The van der Waals surface area contributed by atoms with Crippen molar-refractivity contribution >= 4 is 0 Å². The minimum atomic E-state index is 0.748. The van der Waals surface area contributed by atoms with Gasteiger partial charge in [-0.05, 0) is 32.4 Å². The highest BCUT2D eigenvalue weighted by Gasteiger charge is 2.11. The summed E-state index contributed by atoms with van der Waals surface area (Å²) in [4.78, 5) is 0. The van der Waals surface area contributed by atoms with Crippen LogP contribution in [0.25, 0.3) is 0 Å². The van der Waals surface area contributed by atoms with Crippen molar-refractivity contribution in [3.8, 4) is 0 Å². The van der Waals surface area contributed by atoms with Crippen LogP contribution in [-0.4, -0.2) is 46.4 Å². The number of nitrogens with one attached hydrogen (secondary N) is 1. The van der Waals surface area contributed by atoms with Crippen LogP contribution in [0.15, 0.2) is 12.4 Å². The standard InChI is InChI=1S/C15H25N5O/c1-12-15(5-6-16-7-8-21-4)13(2)20(18-12)11-14-9-17-19(3)10-14/h9-10,16H,5-8,11H2,1-4H3. The lowest BCUT2D eigenvalue weighted by atomic mass is 10.1. The number of ether oxygens (including phenoxy) is 1. The summed E-state index contributed by atoms with van der Waals surface area (Å²) in [6.07, 6.45) is 4.92. The Hall–Kier alpha value is -1.66. The lowest BCUT2D eigenvalue weighted by Crippen LogP contribution is -2.22. The van der Waals surface area contributed by atoms with Crippen molar-refractivity contribution in [1.29, 1.82) is 0 Å². The van der Waals surface area contributed by atoms with Crippen molar-refractivity contribution < 1.29 is 4.74 Å². The van der Waals surface area contributed by atoms with E-state index in [1.807, 2.05) is 24.1 Å². The van der Waals surface area contributed by atoms with Crippen molar-refractivity contribution in [1.82, 2.24) is 24.9 Å². The lowest BCUT2D eigenvalue weighted by molar-refractivity contribution is 0.199. The Morgan fingerprint density at radius 2 is 2.10 bits per heavy atom. The van der Waals surface area contributed by atoms with Gasteiger partial charge in [-0.25, -0.2) is 0 Å². The van der Waals surface area contributed by atoms with Crippen LogP contribution in [0.3, 0.4) is 0 Å². The van der Waals surface area contributed by atoms with E-state index in [1.165, 1.54) is 16.8 Å². The summed E-state index contributed by atoms with van der Waals surface area (Å²) in [5.41, 5.74) is 4.87. The summed E-state index contributed by atoms with van der Waals surface area (Å²) in [5.74, 6) is 0. The van der Waals surface area contributed by atoms with Gasteiger partial charge >= 0.3 is 0 Å². The van der Waals surface area contributed by atoms with E-state index in [-0.39, 0.29) is 0 Å². The molecule has 2 aromatic rings. The normalized spacial score (nSPS) is 11.2. The molecule has 0 amide bonds. The fourth-order valence-electron chi connectivity index (χ4n) is 2.49. The molecular formula is C15H25N5O. The van der Waals surface area contributed by atoms with Gasteiger partial charge in [0.15, 0.2) is 0 Å². The second kappa shape index (κ2) is 7.38. The number of hydrogen-bond acceptors (Lipinski definition) is 4. The average molecular weight is 291 g/mol. The molecule has 21 heavy (non-hydrogen) atoms. The fraction of sp³-hybridized carbons (Fsp3) is 0.600. The summed E-state index contributed by atoms with van der Waals surface area (Å²) >= 11 is 0. The molecule has 0 unspecified atom stereocenters. The Morgan fingerprint density at radius 3 is 2.76 bits per heavy atom. The third-order valence-electron chi connectivity index (χ3n) is 3.66. The van der Waals surface area contributed by atoms with Crippen LogP contribution in [-0.2, 0) is 24.8 Å². The fourth-order valence-corrected chi connectivity index (χ4v) is 2.49. The van der Waals surface area contributed by atoms with Crippen molar-refractivity contribution in [2.24, 2.45) is 7.05 Å². The largest absolute Gasteiger partial charge is 0.383 e. The minimum absolute atomic E-state index is 0.748. The third-order valence-corrected chi connectivity index (χ3v) is 3.66. The van der Waals surface area contributed by atoms with E-state index in [1.54, 1.807) is 7.11 Å². The van der Waals surface area contributed by atoms with Crippen LogP contribution in [0.5, 0.6) is 0 Å². The van der Waals surface area contributed by atoms with E-state index in [9.17, 15) is 0 Å². The predicted molar refractivity (Wildman–Crippen MR) is 82.5 cm³/mol. The quantitative estimate of drug-likeness (QED) is 0.739. The van der Waals surface area contributed by atoms with E-state index in [4.69, 9.17) is 4.74 Å². The summed E-state index contributed by atoms with van der Waals surface area (Å²) < 4.78 is 8.91. The van der Waals surface area contributed by atoms with Crippen LogP contribution in [0.1, 0.15) is 22.5 Å². The number of aromatic nitrogens is 4. The van der Waals surface area contributed by atoms with Gasteiger partial charge in [0, 0.05) is 38.2 Å². The molecule has 0 fully saturated rings. The Balaban J connectivity index is 1.96. The highest BCUT2D eigenvalue weighted by Crippen LogP contribution is 2.15. The molecule has 0 saturated heterocycles. The first kappa shape index (κ1) is 15.7. The minimum Gasteiger partial charge on any atom is -0.383 e. The maximum atomic E-state index is 5.03. The third kappa shape index (κ3) is 4.15. The molecule has 116 valence electrons. The van der Waals surface area contributed by atoms with E-state index in [0.717, 1.165) is 38.4 Å². The Kier molecular flexibility index (Phi) is 5.52.